The molecule has 2 nitrogen and oxygen atoms in total. The van der Waals surface area contributed by atoms with Crippen molar-refractivity contribution in [2.45, 2.75) is 32.1 Å². The van der Waals surface area contributed by atoms with Crippen LogP contribution >= 0.6 is 0 Å². The molecule has 2 unspecified atom stereocenters. The number of rotatable bonds is 1. The molecule has 2 aliphatic carbocycles. The van der Waals surface area contributed by atoms with E-state index in [2.05, 4.69) is 0 Å². The van der Waals surface area contributed by atoms with Gasteiger partial charge in [0, 0.05) is 5.57 Å². The maximum Gasteiger partial charge on any atom is 0.331 e. The fraction of sp³-hybridized carbons (Fsp3) is 0.700. The number of fused-ring (bicyclic) bond motifs is 1. The van der Waals surface area contributed by atoms with Gasteiger partial charge in [0.15, 0.2) is 0 Å². The first-order chi connectivity index (χ1) is 5.79. The zero-order valence-corrected chi connectivity index (χ0v) is 7.12. The molecule has 0 aromatic rings. The smallest absolute Gasteiger partial charge is 0.331 e. The third-order valence-corrected chi connectivity index (χ3v) is 3.21. The first kappa shape index (κ1) is 7.84. The van der Waals surface area contributed by atoms with E-state index in [0.717, 1.165) is 12.8 Å². The maximum atomic E-state index is 10.8. The van der Waals surface area contributed by atoms with Gasteiger partial charge in [0.25, 0.3) is 0 Å². The molecule has 1 fully saturated rings. The molecule has 0 radical (unpaired) electrons. The highest BCUT2D eigenvalue weighted by molar-refractivity contribution is 5.87. The van der Waals surface area contributed by atoms with Gasteiger partial charge in [0.05, 0.1) is 0 Å². The Morgan fingerprint density at radius 1 is 1.42 bits per heavy atom. The second kappa shape index (κ2) is 2.92. The fourth-order valence-electron chi connectivity index (χ4n) is 2.64. The normalized spacial score (nSPS) is 34.2. The predicted molar refractivity (Wildman–Crippen MR) is 45.8 cm³/mol. The van der Waals surface area contributed by atoms with Crippen molar-refractivity contribution in [1.82, 2.24) is 0 Å². The summed E-state index contributed by atoms with van der Waals surface area (Å²) >= 11 is 0. The van der Waals surface area contributed by atoms with E-state index in [1.54, 1.807) is 0 Å². The van der Waals surface area contributed by atoms with Crippen LogP contribution in [-0.4, -0.2) is 11.1 Å². The molecule has 2 atom stereocenters. The van der Waals surface area contributed by atoms with Gasteiger partial charge in [-0.15, -0.1) is 0 Å². The van der Waals surface area contributed by atoms with E-state index in [1.165, 1.54) is 19.3 Å². The molecule has 1 saturated carbocycles. The third kappa shape index (κ3) is 1.15. The lowest BCUT2D eigenvalue weighted by molar-refractivity contribution is -0.133. The molecule has 2 heteroatoms. The summed E-state index contributed by atoms with van der Waals surface area (Å²) in [6.07, 6.45) is 7.68. The Morgan fingerprint density at radius 3 is 3.00 bits per heavy atom. The lowest BCUT2D eigenvalue weighted by atomic mass is 9.81. The highest BCUT2D eigenvalue weighted by atomic mass is 16.4. The lowest BCUT2D eigenvalue weighted by Crippen LogP contribution is -2.20. The topological polar surface area (TPSA) is 37.3 Å². The number of allylic oxidation sites excluding steroid dienone is 1. The van der Waals surface area contributed by atoms with Crippen molar-refractivity contribution in [2.24, 2.45) is 11.8 Å². The summed E-state index contributed by atoms with van der Waals surface area (Å²) in [6, 6.07) is 0. The van der Waals surface area contributed by atoms with Crippen molar-refractivity contribution < 1.29 is 9.90 Å². The summed E-state index contributed by atoms with van der Waals surface area (Å²) in [6.45, 7) is 0. The third-order valence-electron chi connectivity index (χ3n) is 3.21. The predicted octanol–water partition coefficient (Wildman–Crippen LogP) is 2.21. The van der Waals surface area contributed by atoms with E-state index >= 15 is 0 Å². The Bertz CT molecular complexity index is 230. The number of hydrogen-bond acceptors (Lipinski definition) is 1. The van der Waals surface area contributed by atoms with Crippen molar-refractivity contribution in [2.75, 3.05) is 0 Å². The Hall–Kier alpha value is -0.790. The number of aliphatic carboxylic acids is 1. The molecule has 1 N–H and O–H groups in total. The summed E-state index contributed by atoms with van der Waals surface area (Å²) in [5.74, 6) is 0.379. The molecule has 2 aliphatic rings. The summed E-state index contributed by atoms with van der Waals surface area (Å²) in [5.41, 5.74) is 0.698. The molecular formula is C10H14O2. The Balaban J connectivity index is 2.21. The van der Waals surface area contributed by atoms with Gasteiger partial charge >= 0.3 is 5.97 Å². The van der Waals surface area contributed by atoms with E-state index < -0.39 is 5.97 Å². The minimum atomic E-state index is -0.688. The van der Waals surface area contributed by atoms with Crippen LogP contribution in [0.2, 0.25) is 0 Å². The standard InChI is InChI=1S/C10H14O2/c11-10(12)9-6-2-4-7-3-1-5-8(7)9/h6-8H,1-5H2,(H,11,12). The van der Waals surface area contributed by atoms with Crippen LogP contribution in [-0.2, 0) is 4.79 Å². The molecule has 0 bridgehead atoms. The van der Waals surface area contributed by atoms with E-state index in [0.29, 0.717) is 17.4 Å². The summed E-state index contributed by atoms with van der Waals surface area (Å²) in [7, 11) is 0. The van der Waals surface area contributed by atoms with Gasteiger partial charge in [0.1, 0.15) is 0 Å². The Kier molecular flexibility index (Phi) is 1.91. The van der Waals surface area contributed by atoms with Crippen LogP contribution in [0.1, 0.15) is 32.1 Å². The van der Waals surface area contributed by atoms with Gasteiger partial charge in [-0.1, -0.05) is 12.5 Å². The molecule has 0 aromatic carbocycles. The van der Waals surface area contributed by atoms with Crippen molar-refractivity contribution in [1.29, 1.82) is 0 Å². The molecule has 12 heavy (non-hydrogen) atoms. The van der Waals surface area contributed by atoms with E-state index in [9.17, 15) is 4.79 Å². The van der Waals surface area contributed by atoms with Gasteiger partial charge in [-0.2, -0.15) is 0 Å². The highest BCUT2D eigenvalue weighted by Gasteiger charge is 2.34. The average molecular weight is 166 g/mol. The van der Waals surface area contributed by atoms with Crippen LogP contribution in [0.5, 0.6) is 0 Å². The van der Waals surface area contributed by atoms with Crippen molar-refractivity contribution in [3.05, 3.63) is 11.6 Å². The molecule has 0 aliphatic heterocycles. The summed E-state index contributed by atoms with van der Waals surface area (Å²) in [4.78, 5) is 10.8. The molecule has 66 valence electrons. The molecule has 0 amide bonds. The van der Waals surface area contributed by atoms with Crippen LogP contribution in [0.4, 0.5) is 0 Å². The van der Waals surface area contributed by atoms with Crippen LogP contribution in [0, 0.1) is 11.8 Å². The first-order valence-corrected chi connectivity index (χ1v) is 4.72. The molecular weight excluding hydrogens is 152 g/mol. The van der Waals surface area contributed by atoms with Gasteiger partial charge in [-0.05, 0) is 37.5 Å². The molecule has 0 spiro atoms. The second-order valence-corrected chi connectivity index (χ2v) is 3.84. The Labute approximate surface area is 72.3 Å². The number of hydrogen-bond donors (Lipinski definition) is 1. The molecule has 0 heterocycles. The minimum Gasteiger partial charge on any atom is -0.478 e. The van der Waals surface area contributed by atoms with Gasteiger partial charge in [0.2, 0.25) is 0 Å². The van der Waals surface area contributed by atoms with Crippen LogP contribution in [0.3, 0.4) is 0 Å². The fourth-order valence-corrected chi connectivity index (χ4v) is 2.64. The number of carboxylic acids is 1. The quantitative estimate of drug-likeness (QED) is 0.648. The summed E-state index contributed by atoms with van der Waals surface area (Å²) in [5, 5.41) is 8.92. The SMILES string of the molecule is O=C(O)C1=CCCC2CCCC12. The largest absolute Gasteiger partial charge is 0.478 e. The minimum absolute atomic E-state index is 0.385. The van der Waals surface area contributed by atoms with E-state index in [4.69, 9.17) is 5.11 Å². The molecule has 2 rings (SSSR count). The summed E-state index contributed by atoms with van der Waals surface area (Å²) < 4.78 is 0. The monoisotopic (exact) mass is 166 g/mol. The lowest BCUT2D eigenvalue weighted by Gasteiger charge is -2.24. The van der Waals surface area contributed by atoms with Gasteiger partial charge in [-0.3, -0.25) is 0 Å². The van der Waals surface area contributed by atoms with Gasteiger partial charge < -0.3 is 5.11 Å². The maximum absolute atomic E-state index is 10.8. The number of carbonyl (C=O) groups is 1. The van der Waals surface area contributed by atoms with Crippen LogP contribution in [0.15, 0.2) is 11.6 Å². The molecule has 0 aromatic heterocycles. The van der Waals surface area contributed by atoms with Crippen LogP contribution < -0.4 is 0 Å². The number of carboxylic acid groups (broad SMARTS) is 1. The first-order valence-electron chi connectivity index (χ1n) is 4.72. The van der Waals surface area contributed by atoms with Crippen LogP contribution in [0.25, 0.3) is 0 Å². The van der Waals surface area contributed by atoms with E-state index in [1.807, 2.05) is 6.08 Å². The molecule has 0 saturated heterocycles. The van der Waals surface area contributed by atoms with E-state index in [-0.39, 0.29) is 0 Å². The highest BCUT2D eigenvalue weighted by Crippen LogP contribution is 2.42. The zero-order valence-electron chi connectivity index (χ0n) is 7.12. The van der Waals surface area contributed by atoms with Gasteiger partial charge in [-0.25, -0.2) is 4.79 Å². The zero-order chi connectivity index (χ0) is 8.55. The van der Waals surface area contributed by atoms with Crippen molar-refractivity contribution in [3.63, 3.8) is 0 Å². The van der Waals surface area contributed by atoms with Crippen molar-refractivity contribution in [3.8, 4) is 0 Å². The average Bonchev–Trinajstić information content (AvgIpc) is 2.49. The second-order valence-electron chi connectivity index (χ2n) is 3.84. The van der Waals surface area contributed by atoms with Crippen molar-refractivity contribution >= 4 is 5.97 Å². The Morgan fingerprint density at radius 2 is 2.25 bits per heavy atom.